The third kappa shape index (κ3) is 14.7. The number of unbranched alkanes of at least 4 members (excludes halogenated alkanes) is 13. The van der Waals surface area contributed by atoms with Crippen molar-refractivity contribution >= 4 is 5.97 Å². The molecule has 0 unspecified atom stereocenters. The molecule has 3 heteroatoms. The number of nitrogens with zero attached hydrogens (tertiary/aromatic N) is 1. The zero-order chi connectivity index (χ0) is 17.3. The summed E-state index contributed by atoms with van der Waals surface area (Å²) in [4.78, 5) is 12.8. The Morgan fingerprint density at radius 1 is 0.783 bits per heavy atom. The molecule has 23 heavy (non-hydrogen) atoms. The van der Waals surface area contributed by atoms with Crippen molar-refractivity contribution < 1.29 is 9.90 Å². The molecule has 1 N–H and O–H groups in total. The molecule has 0 aliphatic rings. The van der Waals surface area contributed by atoms with Crippen molar-refractivity contribution in [2.75, 3.05) is 13.6 Å². The largest absolute Gasteiger partial charge is 0.480 e. The van der Waals surface area contributed by atoms with Crippen LogP contribution in [-0.4, -0.2) is 35.6 Å². The monoisotopic (exact) mass is 327 g/mol. The molecule has 0 heterocycles. The van der Waals surface area contributed by atoms with E-state index in [-0.39, 0.29) is 6.04 Å². The second-order valence-electron chi connectivity index (χ2n) is 7.09. The molecule has 3 nitrogen and oxygen atoms in total. The molecule has 0 aromatic carbocycles. The Balaban J connectivity index is 3.18. The SMILES string of the molecule is CCCCCCCCCCCCCCCCN(C)[C@@H](C)C(=O)O. The fourth-order valence-corrected chi connectivity index (χ4v) is 2.94. The van der Waals surface area contributed by atoms with E-state index in [1.807, 2.05) is 11.9 Å². The predicted octanol–water partition coefficient (Wildman–Crippen LogP) is 5.87. The van der Waals surface area contributed by atoms with Crippen molar-refractivity contribution in [2.24, 2.45) is 0 Å². The van der Waals surface area contributed by atoms with Crippen LogP contribution in [0.4, 0.5) is 0 Å². The fourth-order valence-electron chi connectivity index (χ4n) is 2.94. The Morgan fingerprint density at radius 3 is 1.48 bits per heavy atom. The summed E-state index contributed by atoms with van der Waals surface area (Å²) in [5.41, 5.74) is 0. The van der Waals surface area contributed by atoms with Crippen molar-refractivity contribution in [1.29, 1.82) is 0 Å². The number of carbonyl (C=O) groups is 1. The van der Waals surface area contributed by atoms with Gasteiger partial charge in [0, 0.05) is 0 Å². The van der Waals surface area contributed by atoms with Crippen LogP contribution >= 0.6 is 0 Å². The third-order valence-electron chi connectivity index (χ3n) is 4.88. The van der Waals surface area contributed by atoms with Crippen molar-refractivity contribution in [3.8, 4) is 0 Å². The Labute approximate surface area is 144 Å². The second-order valence-corrected chi connectivity index (χ2v) is 7.09. The maximum absolute atomic E-state index is 10.8. The lowest BCUT2D eigenvalue weighted by atomic mass is 10.0. The van der Waals surface area contributed by atoms with E-state index in [1.165, 1.54) is 83.5 Å². The van der Waals surface area contributed by atoms with Crippen molar-refractivity contribution in [2.45, 2.75) is 110 Å². The van der Waals surface area contributed by atoms with Crippen LogP contribution in [-0.2, 0) is 4.79 Å². The van der Waals surface area contributed by atoms with Crippen molar-refractivity contribution in [3.05, 3.63) is 0 Å². The zero-order valence-electron chi connectivity index (χ0n) is 16.0. The maximum atomic E-state index is 10.8. The highest BCUT2D eigenvalue weighted by Crippen LogP contribution is 2.13. The van der Waals surface area contributed by atoms with E-state index in [2.05, 4.69) is 6.92 Å². The van der Waals surface area contributed by atoms with Gasteiger partial charge in [0.2, 0.25) is 0 Å². The summed E-state index contributed by atoms with van der Waals surface area (Å²) >= 11 is 0. The minimum atomic E-state index is -0.724. The topological polar surface area (TPSA) is 40.5 Å². The summed E-state index contributed by atoms with van der Waals surface area (Å²) in [6.45, 7) is 4.92. The van der Waals surface area contributed by atoms with Gasteiger partial charge in [-0.3, -0.25) is 9.69 Å². The lowest BCUT2D eigenvalue weighted by Gasteiger charge is -2.20. The summed E-state index contributed by atoms with van der Waals surface area (Å²) in [5, 5.41) is 8.93. The molecule has 0 rings (SSSR count). The van der Waals surface area contributed by atoms with E-state index < -0.39 is 5.97 Å². The number of hydrogen-bond acceptors (Lipinski definition) is 2. The first kappa shape index (κ1) is 22.4. The molecule has 0 spiro atoms. The lowest BCUT2D eigenvalue weighted by molar-refractivity contribution is -0.142. The predicted molar refractivity (Wildman–Crippen MR) is 100 cm³/mol. The van der Waals surface area contributed by atoms with E-state index in [0.29, 0.717) is 0 Å². The normalized spacial score (nSPS) is 12.7. The van der Waals surface area contributed by atoms with Crippen molar-refractivity contribution in [3.63, 3.8) is 0 Å². The molecule has 1 atom stereocenters. The van der Waals surface area contributed by atoms with E-state index >= 15 is 0 Å². The lowest BCUT2D eigenvalue weighted by Crippen LogP contribution is -2.36. The molecule has 0 saturated heterocycles. The van der Waals surface area contributed by atoms with Gasteiger partial charge in [-0.05, 0) is 26.9 Å². The molecule has 0 amide bonds. The van der Waals surface area contributed by atoms with Gasteiger partial charge in [0.25, 0.3) is 0 Å². The number of likely N-dealkylation sites (N-methyl/N-ethyl adjacent to an activating group) is 1. The summed E-state index contributed by atoms with van der Waals surface area (Å²) in [6.07, 6.45) is 19.1. The first-order valence-corrected chi connectivity index (χ1v) is 10.0. The minimum absolute atomic E-state index is 0.364. The van der Waals surface area contributed by atoms with Gasteiger partial charge in [0.15, 0.2) is 0 Å². The first-order valence-electron chi connectivity index (χ1n) is 10.0. The maximum Gasteiger partial charge on any atom is 0.320 e. The molecule has 0 aliphatic carbocycles. The van der Waals surface area contributed by atoms with Gasteiger partial charge < -0.3 is 5.11 Å². The fraction of sp³-hybridized carbons (Fsp3) is 0.950. The van der Waals surface area contributed by atoms with Crippen LogP contribution in [0.25, 0.3) is 0 Å². The van der Waals surface area contributed by atoms with E-state index in [0.717, 1.165) is 13.0 Å². The number of carboxylic acid groups (broad SMARTS) is 1. The Kier molecular flexibility index (Phi) is 15.9. The number of hydrogen-bond donors (Lipinski definition) is 1. The van der Waals surface area contributed by atoms with Crippen LogP contribution in [0.3, 0.4) is 0 Å². The van der Waals surface area contributed by atoms with Crippen LogP contribution in [0.5, 0.6) is 0 Å². The number of carboxylic acids is 1. The van der Waals surface area contributed by atoms with Crippen molar-refractivity contribution in [1.82, 2.24) is 4.90 Å². The standard InChI is InChI=1S/C20H41NO2/c1-4-5-6-7-8-9-10-11-12-13-14-15-16-17-18-21(3)19(2)20(22)23/h19H,4-18H2,1-3H3,(H,22,23)/t19-/m0/s1. The van der Waals surface area contributed by atoms with Gasteiger partial charge in [0.1, 0.15) is 6.04 Å². The van der Waals surface area contributed by atoms with Crippen LogP contribution in [0.15, 0.2) is 0 Å². The Hall–Kier alpha value is -0.570. The smallest absolute Gasteiger partial charge is 0.320 e. The van der Waals surface area contributed by atoms with Crippen LogP contribution in [0.1, 0.15) is 104 Å². The van der Waals surface area contributed by atoms with Crippen LogP contribution < -0.4 is 0 Å². The van der Waals surface area contributed by atoms with Crippen LogP contribution in [0.2, 0.25) is 0 Å². The Bertz CT molecular complexity index is 268. The van der Waals surface area contributed by atoms with Gasteiger partial charge in [0.05, 0.1) is 0 Å². The molecule has 0 radical (unpaired) electrons. The summed E-state index contributed by atoms with van der Waals surface area (Å²) in [5.74, 6) is -0.724. The quantitative estimate of drug-likeness (QED) is 0.339. The van der Waals surface area contributed by atoms with E-state index in [4.69, 9.17) is 5.11 Å². The highest BCUT2D eigenvalue weighted by molar-refractivity contribution is 5.72. The highest BCUT2D eigenvalue weighted by atomic mass is 16.4. The Morgan fingerprint density at radius 2 is 1.13 bits per heavy atom. The highest BCUT2D eigenvalue weighted by Gasteiger charge is 2.15. The molecule has 0 aromatic heterocycles. The molecule has 0 saturated carbocycles. The molecule has 0 fully saturated rings. The zero-order valence-corrected chi connectivity index (χ0v) is 16.0. The minimum Gasteiger partial charge on any atom is -0.480 e. The average molecular weight is 328 g/mol. The molecular weight excluding hydrogens is 286 g/mol. The summed E-state index contributed by atoms with van der Waals surface area (Å²) in [6, 6.07) is -0.364. The molecule has 0 aromatic rings. The van der Waals surface area contributed by atoms with Gasteiger partial charge in [-0.2, -0.15) is 0 Å². The molecule has 138 valence electrons. The molecule has 0 aliphatic heterocycles. The van der Waals surface area contributed by atoms with Gasteiger partial charge in [-0.15, -0.1) is 0 Å². The number of aliphatic carboxylic acids is 1. The molecular formula is C20H41NO2. The van der Waals surface area contributed by atoms with Gasteiger partial charge >= 0.3 is 5.97 Å². The third-order valence-corrected chi connectivity index (χ3v) is 4.88. The van der Waals surface area contributed by atoms with E-state index in [1.54, 1.807) is 6.92 Å². The van der Waals surface area contributed by atoms with Gasteiger partial charge in [-0.25, -0.2) is 0 Å². The van der Waals surface area contributed by atoms with E-state index in [9.17, 15) is 4.79 Å². The summed E-state index contributed by atoms with van der Waals surface area (Å²) in [7, 11) is 1.90. The van der Waals surface area contributed by atoms with Crippen LogP contribution in [0, 0.1) is 0 Å². The second kappa shape index (κ2) is 16.3. The molecule has 0 bridgehead atoms. The number of rotatable bonds is 17. The van der Waals surface area contributed by atoms with Gasteiger partial charge in [-0.1, -0.05) is 90.4 Å². The average Bonchev–Trinajstić information content (AvgIpc) is 2.54. The summed E-state index contributed by atoms with van der Waals surface area (Å²) < 4.78 is 0. The first-order chi connectivity index (χ1) is 11.1.